The van der Waals surface area contributed by atoms with Gasteiger partial charge in [-0.2, -0.15) is 0 Å². The van der Waals surface area contributed by atoms with Crippen LogP contribution in [-0.2, 0) is 11.2 Å². The minimum absolute atomic E-state index is 0.100. The average molecular weight is 435 g/mol. The molecule has 0 aromatic heterocycles. The molecule has 3 aromatic rings. The molecule has 0 aliphatic carbocycles. The molecule has 166 valence electrons. The van der Waals surface area contributed by atoms with Gasteiger partial charge in [-0.25, -0.2) is 4.79 Å². The normalized spacial score (nSPS) is 10.1. The first-order valence-corrected chi connectivity index (χ1v) is 9.84. The Morgan fingerprint density at radius 1 is 0.688 bits per heavy atom. The first-order chi connectivity index (χ1) is 15.5. The summed E-state index contributed by atoms with van der Waals surface area (Å²) in [5, 5.41) is 8.32. The number of methoxy groups -OCH3 is 3. The van der Waals surface area contributed by atoms with Crippen LogP contribution in [0.15, 0.2) is 66.7 Å². The third kappa shape index (κ3) is 5.91. The molecule has 0 aliphatic heterocycles. The Balaban J connectivity index is 1.64. The molecule has 3 N–H and O–H groups in total. The van der Waals surface area contributed by atoms with Crippen molar-refractivity contribution in [3.63, 3.8) is 0 Å². The molecule has 0 heterocycles. The van der Waals surface area contributed by atoms with Crippen LogP contribution < -0.4 is 30.2 Å². The number of amides is 3. The van der Waals surface area contributed by atoms with E-state index in [-0.39, 0.29) is 18.4 Å². The molecule has 0 unspecified atom stereocenters. The molecule has 0 bridgehead atoms. The van der Waals surface area contributed by atoms with Crippen molar-refractivity contribution in [3.8, 4) is 17.2 Å². The summed E-state index contributed by atoms with van der Waals surface area (Å²) < 4.78 is 16.0. The fourth-order valence-electron chi connectivity index (χ4n) is 3.12. The fourth-order valence-corrected chi connectivity index (χ4v) is 3.12. The van der Waals surface area contributed by atoms with Crippen LogP contribution >= 0.6 is 0 Å². The topological polar surface area (TPSA) is 97.9 Å². The molecule has 0 atom stereocenters. The number of hydrogen-bond donors (Lipinski definition) is 3. The van der Waals surface area contributed by atoms with Crippen molar-refractivity contribution in [1.82, 2.24) is 0 Å². The second-order valence-corrected chi connectivity index (χ2v) is 6.78. The zero-order valence-corrected chi connectivity index (χ0v) is 18.1. The lowest BCUT2D eigenvalue weighted by atomic mass is 10.1. The molecule has 0 saturated carbocycles. The molecule has 0 radical (unpaired) electrons. The minimum atomic E-state index is -0.378. The lowest BCUT2D eigenvalue weighted by Gasteiger charge is -2.14. The third-order valence-electron chi connectivity index (χ3n) is 4.53. The number of carbonyl (C=O) groups excluding carboxylic acids is 2. The maximum Gasteiger partial charge on any atom is 0.323 e. The minimum Gasteiger partial charge on any atom is -0.493 e. The molecule has 0 saturated heterocycles. The van der Waals surface area contributed by atoms with Gasteiger partial charge in [0.25, 0.3) is 0 Å². The molecule has 0 spiro atoms. The van der Waals surface area contributed by atoms with Crippen molar-refractivity contribution >= 4 is 29.0 Å². The van der Waals surface area contributed by atoms with Crippen LogP contribution in [0.25, 0.3) is 0 Å². The first-order valence-electron chi connectivity index (χ1n) is 9.84. The maximum absolute atomic E-state index is 12.6. The summed E-state index contributed by atoms with van der Waals surface area (Å²) in [6.45, 7) is 0. The second kappa shape index (κ2) is 10.7. The van der Waals surface area contributed by atoms with E-state index in [1.165, 1.54) is 21.3 Å². The van der Waals surface area contributed by atoms with Gasteiger partial charge < -0.3 is 30.2 Å². The predicted octanol–water partition coefficient (Wildman–Crippen LogP) is 4.54. The van der Waals surface area contributed by atoms with Gasteiger partial charge in [0.1, 0.15) is 0 Å². The van der Waals surface area contributed by atoms with E-state index < -0.39 is 0 Å². The largest absolute Gasteiger partial charge is 0.493 e. The Morgan fingerprint density at radius 2 is 1.25 bits per heavy atom. The van der Waals surface area contributed by atoms with E-state index in [1.807, 2.05) is 18.2 Å². The van der Waals surface area contributed by atoms with Gasteiger partial charge in [0, 0.05) is 17.1 Å². The van der Waals surface area contributed by atoms with Gasteiger partial charge in [0.05, 0.1) is 27.8 Å². The van der Waals surface area contributed by atoms with Crippen LogP contribution in [0.5, 0.6) is 17.2 Å². The SMILES string of the molecule is COc1cc(CC(=O)Nc2cccc(NC(=O)Nc3ccccc3)c2)cc(OC)c1OC. The van der Waals surface area contributed by atoms with Gasteiger partial charge in [0.2, 0.25) is 11.7 Å². The van der Waals surface area contributed by atoms with Crippen molar-refractivity contribution in [2.45, 2.75) is 6.42 Å². The summed E-state index contributed by atoms with van der Waals surface area (Å²) in [5.74, 6) is 1.19. The number of anilines is 3. The number of ether oxygens (including phenoxy) is 3. The number of rotatable bonds is 8. The van der Waals surface area contributed by atoms with E-state index in [0.717, 1.165) is 0 Å². The van der Waals surface area contributed by atoms with Crippen molar-refractivity contribution in [2.75, 3.05) is 37.3 Å². The molecule has 32 heavy (non-hydrogen) atoms. The maximum atomic E-state index is 12.6. The molecule has 3 amide bonds. The Labute approximate surface area is 186 Å². The van der Waals surface area contributed by atoms with Crippen LogP contribution in [0.2, 0.25) is 0 Å². The Morgan fingerprint density at radius 3 is 1.84 bits per heavy atom. The molecule has 3 rings (SSSR count). The van der Waals surface area contributed by atoms with Crippen LogP contribution in [-0.4, -0.2) is 33.3 Å². The van der Waals surface area contributed by atoms with Crippen molar-refractivity contribution in [2.24, 2.45) is 0 Å². The number of nitrogens with one attached hydrogen (secondary N) is 3. The Hall–Kier alpha value is -4.20. The van der Waals surface area contributed by atoms with E-state index in [0.29, 0.717) is 39.9 Å². The lowest BCUT2D eigenvalue weighted by Crippen LogP contribution is -2.19. The summed E-state index contributed by atoms with van der Waals surface area (Å²) in [5.41, 5.74) is 2.48. The van der Waals surface area contributed by atoms with E-state index in [1.54, 1.807) is 48.5 Å². The summed E-state index contributed by atoms with van der Waals surface area (Å²) in [6, 6.07) is 19.1. The second-order valence-electron chi connectivity index (χ2n) is 6.78. The van der Waals surface area contributed by atoms with Crippen LogP contribution in [0, 0.1) is 0 Å². The first kappa shape index (κ1) is 22.5. The van der Waals surface area contributed by atoms with Gasteiger partial charge in [-0.1, -0.05) is 24.3 Å². The predicted molar refractivity (Wildman–Crippen MR) is 124 cm³/mol. The zero-order chi connectivity index (χ0) is 22.9. The van der Waals surface area contributed by atoms with Gasteiger partial charge in [-0.05, 0) is 48.0 Å². The van der Waals surface area contributed by atoms with Gasteiger partial charge in [-0.3, -0.25) is 4.79 Å². The molecule has 3 aromatic carbocycles. The Kier molecular flexibility index (Phi) is 7.53. The highest BCUT2D eigenvalue weighted by Crippen LogP contribution is 2.38. The number of urea groups is 1. The molecule has 8 nitrogen and oxygen atoms in total. The highest BCUT2D eigenvalue weighted by atomic mass is 16.5. The molecule has 8 heteroatoms. The summed E-state index contributed by atoms with van der Waals surface area (Å²) in [4.78, 5) is 24.8. The number of benzene rings is 3. The van der Waals surface area contributed by atoms with Crippen LogP contribution in [0.3, 0.4) is 0 Å². The smallest absolute Gasteiger partial charge is 0.323 e. The van der Waals surface area contributed by atoms with E-state index >= 15 is 0 Å². The molecular weight excluding hydrogens is 410 g/mol. The molecule has 0 aliphatic rings. The van der Waals surface area contributed by atoms with Crippen molar-refractivity contribution < 1.29 is 23.8 Å². The summed E-state index contributed by atoms with van der Waals surface area (Å²) >= 11 is 0. The summed E-state index contributed by atoms with van der Waals surface area (Å²) in [7, 11) is 4.56. The monoisotopic (exact) mass is 435 g/mol. The van der Waals surface area contributed by atoms with Crippen molar-refractivity contribution in [1.29, 1.82) is 0 Å². The Bertz CT molecular complexity index is 1060. The van der Waals surface area contributed by atoms with Crippen molar-refractivity contribution in [3.05, 3.63) is 72.3 Å². The molecular formula is C24H25N3O5. The van der Waals surface area contributed by atoms with E-state index in [9.17, 15) is 9.59 Å². The summed E-state index contributed by atoms with van der Waals surface area (Å²) in [6.07, 6.45) is 0.100. The number of hydrogen-bond acceptors (Lipinski definition) is 5. The highest BCUT2D eigenvalue weighted by molar-refractivity contribution is 6.00. The standard InChI is InChI=1S/C24H25N3O5/c1-30-20-12-16(13-21(31-2)23(20)32-3)14-22(28)25-18-10-7-11-19(15-18)27-24(29)26-17-8-5-4-6-9-17/h4-13,15H,14H2,1-3H3,(H,25,28)(H2,26,27,29). The third-order valence-corrected chi connectivity index (χ3v) is 4.53. The lowest BCUT2D eigenvalue weighted by molar-refractivity contribution is -0.115. The van der Waals surface area contributed by atoms with Crippen LogP contribution in [0.1, 0.15) is 5.56 Å². The number of para-hydroxylation sites is 1. The fraction of sp³-hybridized carbons (Fsp3) is 0.167. The number of carbonyl (C=O) groups is 2. The molecule has 0 fully saturated rings. The average Bonchev–Trinajstić information content (AvgIpc) is 2.79. The van der Waals surface area contributed by atoms with Gasteiger partial charge >= 0.3 is 6.03 Å². The van der Waals surface area contributed by atoms with Gasteiger partial charge in [-0.15, -0.1) is 0 Å². The van der Waals surface area contributed by atoms with E-state index in [2.05, 4.69) is 16.0 Å². The van der Waals surface area contributed by atoms with Crippen LogP contribution in [0.4, 0.5) is 21.9 Å². The zero-order valence-electron chi connectivity index (χ0n) is 18.1. The van der Waals surface area contributed by atoms with Gasteiger partial charge in [0.15, 0.2) is 11.5 Å². The highest BCUT2D eigenvalue weighted by Gasteiger charge is 2.15. The quantitative estimate of drug-likeness (QED) is 0.483. The van der Waals surface area contributed by atoms with E-state index in [4.69, 9.17) is 14.2 Å².